The van der Waals surface area contributed by atoms with Crippen LogP contribution in [0.2, 0.25) is 0 Å². The van der Waals surface area contributed by atoms with Crippen LogP contribution in [-0.4, -0.2) is 36.2 Å². The monoisotopic (exact) mass is 228 g/mol. The van der Waals surface area contributed by atoms with E-state index in [1.165, 1.54) is 0 Å². The van der Waals surface area contributed by atoms with Crippen LogP contribution in [0.5, 0.6) is 0 Å². The van der Waals surface area contributed by atoms with Crippen molar-refractivity contribution < 1.29 is 9.59 Å². The van der Waals surface area contributed by atoms with Gasteiger partial charge in [0.05, 0.1) is 13.1 Å². The number of ketones is 1. The summed E-state index contributed by atoms with van der Waals surface area (Å²) < 4.78 is 0. The van der Waals surface area contributed by atoms with Gasteiger partial charge in [0.25, 0.3) is 0 Å². The predicted octanol–water partition coefficient (Wildman–Crippen LogP) is 1.04. The number of nitrogens with two attached hydrogens (primary N) is 1. The van der Waals surface area contributed by atoms with Crippen molar-refractivity contribution in [3.8, 4) is 0 Å². The molecule has 2 N–H and O–H groups in total. The molecule has 94 valence electrons. The minimum absolute atomic E-state index is 0.134. The lowest BCUT2D eigenvalue weighted by Crippen LogP contribution is -2.42. The number of nitrogens with zero attached hydrogens (tertiary/aromatic N) is 1. The van der Waals surface area contributed by atoms with Crippen molar-refractivity contribution >= 4 is 11.7 Å². The molecule has 0 saturated heterocycles. The molecule has 0 heterocycles. The van der Waals surface area contributed by atoms with Crippen molar-refractivity contribution in [1.29, 1.82) is 0 Å². The molecule has 0 bridgehead atoms. The maximum Gasteiger partial charge on any atom is 0.231 e. The molecule has 0 saturated carbocycles. The van der Waals surface area contributed by atoms with Crippen LogP contribution in [0.1, 0.15) is 34.6 Å². The average molecular weight is 228 g/mol. The van der Waals surface area contributed by atoms with E-state index in [0.29, 0.717) is 19.0 Å². The Hall–Kier alpha value is -0.900. The van der Waals surface area contributed by atoms with Crippen LogP contribution in [-0.2, 0) is 9.59 Å². The number of carbonyl (C=O) groups is 2. The second kappa shape index (κ2) is 5.99. The molecule has 0 atom stereocenters. The minimum Gasteiger partial charge on any atom is -0.369 e. The van der Waals surface area contributed by atoms with E-state index >= 15 is 0 Å². The summed E-state index contributed by atoms with van der Waals surface area (Å²) in [5, 5.41) is 0. The second-order valence-corrected chi connectivity index (χ2v) is 5.70. The van der Waals surface area contributed by atoms with E-state index in [4.69, 9.17) is 5.73 Å². The zero-order valence-corrected chi connectivity index (χ0v) is 11.0. The highest BCUT2D eigenvalue weighted by Crippen LogP contribution is 2.15. The molecule has 0 aromatic carbocycles. The fourth-order valence-corrected chi connectivity index (χ4v) is 1.36. The van der Waals surface area contributed by atoms with Crippen LogP contribution >= 0.6 is 0 Å². The quantitative estimate of drug-likeness (QED) is 0.739. The maximum absolute atomic E-state index is 11.8. The average Bonchev–Trinajstić information content (AvgIpc) is 1.98. The number of primary amides is 1. The van der Waals surface area contributed by atoms with Gasteiger partial charge in [0.2, 0.25) is 5.91 Å². The summed E-state index contributed by atoms with van der Waals surface area (Å²) in [6.45, 7) is 10.9. The van der Waals surface area contributed by atoms with Crippen molar-refractivity contribution in [2.45, 2.75) is 34.6 Å². The van der Waals surface area contributed by atoms with E-state index in [1.807, 2.05) is 25.7 Å². The molecular formula is C12H24N2O2. The number of rotatable bonds is 6. The molecule has 0 unspecified atom stereocenters. The van der Waals surface area contributed by atoms with E-state index in [2.05, 4.69) is 13.8 Å². The molecule has 0 aliphatic rings. The molecule has 0 aromatic rings. The first kappa shape index (κ1) is 15.1. The lowest BCUT2D eigenvalue weighted by atomic mass is 9.90. The van der Waals surface area contributed by atoms with Crippen LogP contribution in [0.4, 0.5) is 0 Å². The lowest BCUT2D eigenvalue weighted by molar-refractivity contribution is -0.128. The Bertz CT molecular complexity index is 254. The molecule has 4 nitrogen and oxygen atoms in total. The van der Waals surface area contributed by atoms with Crippen LogP contribution in [0.25, 0.3) is 0 Å². The third-order valence-electron chi connectivity index (χ3n) is 2.21. The summed E-state index contributed by atoms with van der Waals surface area (Å²) in [5.41, 5.74) is 4.79. The van der Waals surface area contributed by atoms with Crippen molar-refractivity contribution in [3.05, 3.63) is 0 Å². The van der Waals surface area contributed by atoms with Gasteiger partial charge in [0, 0.05) is 12.0 Å². The highest BCUT2D eigenvalue weighted by Gasteiger charge is 2.24. The normalized spacial score (nSPS) is 12.2. The van der Waals surface area contributed by atoms with Gasteiger partial charge in [0.1, 0.15) is 0 Å². The van der Waals surface area contributed by atoms with E-state index in [0.717, 1.165) is 0 Å². The molecule has 16 heavy (non-hydrogen) atoms. The Morgan fingerprint density at radius 3 is 2.00 bits per heavy atom. The third-order valence-corrected chi connectivity index (χ3v) is 2.21. The Balaban J connectivity index is 4.42. The van der Waals surface area contributed by atoms with Gasteiger partial charge in [-0.25, -0.2) is 0 Å². The minimum atomic E-state index is -0.387. The lowest BCUT2D eigenvalue weighted by Gasteiger charge is -2.26. The molecule has 1 amide bonds. The Morgan fingerprint density at radius 2 is 1.69 bits per heavy atom. The number of hydrogen-bond acceptors (Lipinski definition) is 3. The van der Waals surface area contributed by atoms with Gasteiger partial charge in [-0.1, -0.05) is 34.6 Å². The molecule has 0 radical (unpaired) electrons. The highest BCUT2D eigenvalue weighted by atomic mass is 16.1. The van der Waals surface area contributed by atoms with Crippen molar-refractivity contribution in [3.63, 3.8) is 0 Å². The molecule has 0 rings (SSSR count). The fraction of sp³-hybridized carbons (Fsp3) is 0.833. The van der Waals surface area contributed by atoms with Gasteiger partial charge >= 0.3 is 0 Å². The van der Waals surface area contributed by atoms with Gasteiger partial charge in [-0.3, -0.25) is 14.5 Å². The Kier molecular flexibility index (Phi) is 5.65. The van der Waals surface area contributed by atoms with Crippen LogP contribution in [0.15, 0.2) is 0 Å². The first-order valence-corrected chi connectivity index (χ1v) is 5.67. The van der Waals surface area contributed by atoms with Gasteiger partial charge in [-0.05, 0) is 5.92 Å². The number of hydrogen-bond donors (Lipinski definition) is 1. The van der Waals surface area contributed by atoms with E-state index in [-0.39, 0.29) is 23.7 Å². The predicted molar refractivity (Wildman–Crippen MR) is 64.9 cm³/mol. The molecule has 0 aliphatic heterocycles. The molecule has 0 fully saturated rings. The molecule has 0 aromatic heterocycles. The Morgan fingerprint density at radius 1 is 1.19 bits per heavy atom. The van der Waals surface area contributed by atoms with Gasteiger partial charge < -0.3 is 5.73 Å². The van der Waals surface area contributed by atoms with E-state index < -0.39 is 0 Å². The number of amides is 1. The molecule has 4 heteroatoms. The Labute approximate surface area is 98.2 Å². The van der Waals surface area contributed by atoms with Crippen molar-refractivity contribution in [2.24, 2.45) is 17.1 Å². The molecule has 0 aliphatic carbocycles. The van der Waals surface area contributed by atoms with Gasteiger partial charge in [-0.2, -0.15) is 0 Å². The topological polar surface area (TPSA) is 63.4 Å². The summed E-state index contributed by atoms with van der Waals surface area (Å²) in [6.07, 6.45) is 0. The SMILES string of the molecule is CC(C)CN(CC(N)=O)CC(=O)C(C)(C)C. The van der Waals surface area contributed by atoms with Gasteiger partial charge in [-0.15, -0.1) is 0 Å². The first-order chi connectivity index (χ1) is 7.12. The standard InChI is InChI=1S/C12H24N2O2/c1-9(2)6-14(8-11(13)16)7-10(15)12(3,4)5/h9H,6-8H2,1-5H3,(H2,13,16). The van der Waals surface area contributed by atoms with Crippen LogP contribution in [0, 0.1) is 11.3 Å². The van der Waals surface area contributed by atoms with E-state index in [1.54, 1.807) is 0 Å². The van der Waals surface area contributed by atoms with Crippen molar-refractivity contribution in [2.75, 3.05) is 19.6 Å². The summed E-state index contributed by atoms with van der Waals surface area (Å²) in [6, 6.07) is 0. The molecule has 0 spiro atoms. The second-order valence-electron chi connectivity index (χ2n) is 5.70. The summed E-state index contributed by atoms with van der Waals surface area (Å²) in [7, 11) is 0. The first-order valence-electron chi connectivity index (χ1n) is 5.67. The highest BCUT2D eigenvalue weighted by molar-refractivity contribution is 5.86. The van der Waals surface area contributed by atoms with Crippen molar-refractivity contribution in [1.82, 2.24) is 4.90 Å². The summed E-state index contributed by atoms with van der Waals surface area (Å²) >= 11 is 0. The fourth-order valence-electron chi connectivity index (χ4n) is 1.36. The van der Waals surface area contributed by atoms with E-state index in [9.17, 15) is 9.59 Å². The zero-order chi connectivity index (χ0) is 12.9. The number of Topliss-reactive ketones (excluding diaryl/α,β-unsaturated/α-hetero) is 1. The van der Waals surface area contributed by atoms with Crippen LogP contribution in [0.3, 0.4) is 0 Å². The maximum atomic E-state index is 11.8. The largest absolute Gasteiger partial charge is 0.369 e. The third kappa shape index (κ3) is 6.56. The van der Waals surface area contributed by atoms with Crippen LogP contribution < -0.4 is 5.73 Å². The molecular weight excluding hydrogens is 204 g/mol. The zero-order valence-electron chi connectivity index (χ0n) is 11.0. The number of carbonyl (C=O) groups excluding carboxylic acids is 2. The summed E-state index contributed by atoms with van der Waals surface area (Å²) in [4.78, 5) is 24.6. The smallest absolute Gasteiger partial charge is 0.231 e. The van der Waals surface area contributed by atoms with Gasteiger partial charge in [0.15, 0.2) is 5.78 Å². The summed E-state index contributed by atoms with van der Waals surface area (Å²) in [5.74, 6) is 0.156.